The Bertz CT molecular complexity index is 1200. The van der Waals surface area contributed by atoms with Gasteiger partial charge in [-0.1, -0.05) is 0 Å². The maximum Gasteiger partial charge on any atom is 0.407 e. The van der Waals surface area contributed by atoms with Crippen LogP contribution in [0.1, 0.15) is 40.3 Å². The van der Waals surface area contributed by atoms with E-state index in [2.05, 4.69) is 15.5 Å². The van der Waals surface area contributed by atoms with E-state index in [0.29, 0.717) is 11.1 Å². The molecule has 0 bridgehead atoms. The van der Waals surface area contributed by atoms with Crippen LogP contribution in [0, 0.1) is 0 Å². The van der Waals surface area contributed by atoms with E-state index in [0.717, 1.165) is 30.9 Å². The van der Waals surface area contributed by atoms with Gasteiger partial charge in [0.05, 0.1) is 19.8 Å². The largest absolute Gasteiger partial charge is 0.462 e. The topological polar surface area (TPSA) is 189 Å². The molecular weight excluding hydrogens is 565 g/mol. The van der Waals surface area contributed by atoms with Crippen LogP contribution in [0.5, 0.6) is 0 Å². The van der Waals surface area contributed by atoms with E-state index in [1.54, 1.807) is 32.8 Å². The summed E-state index contributed by atoms with van der Waals surface area (Å²) in [5.74, 6) is -1.53. The quantitative estimate of drug-likeness (QED) is 0.134. The summed E-state index contributed by atoms with van der Waals surface area (Å²) < 4.78 is 37.3. The first-order chi connectivity index (χ1) is 19.6. The number of esters is 2. The fourth-order valence-corrected chi connectivity index (χ4v) is 3.88. The Kier molecular flexibility index (Phi) is 12.6. The first-order valence-electron chi connectivity index (χ1n) is 13.2. The van der Waals surface area contributed by atoms with Crippen molar-refractivity contribution < 1.29 is 47.7 Å². The number of nitrogens with zero attached hydrogens (tertiary/aromatic N) is 3. The molecule has 0 aliphatic carbocycles. The smallest absolute Gasteiger partial charge is 0.407 e. The fourth-order valence-electron chi connectivity index (χ4n) is 3.88. The number of hydrogen-bond acceptors (Lipinski definition) is 13. The third kappa shape index (κ3) is 9.06. The summed E-state index contributed by atoms with van der Waals surface area (Å²) in [6, 6.07) is -1.09. The standard InChI is InChI=1S/C25H40FN5O11/c1-14(2)41-20(34)15(3)28-40-12-17-19(33)25(4,26)22(42-17)30-11-9-18(32)31(24(30)37)13-39-21(35)16(8-10-29(5)6)27-23(36)38-7/h9,11,14-17,19,22,28,33H,8,10,12-13H2,1-7H3,(H,27,36)/t15-,16-,17+,19+,22+,25+/m0/s1. The maximum absolute atomic E-state index is 15.7. The van der Waals surface area contributed by atoms with Gasteiger partial charge in [0.2, 0.25) is 0 Å². The Balaban J connectivity index is 2.16. The minimum absolute atomic E-state index is 0.138. The number of carbonyl (C=O) groups excluding carboxylic acids is 3. The molecule has 1 aromatic heterocycles. The molecule has 0 spiro atoms. The normalized spacial score (nSPS) is 23.5. The van der Waals surface area contributed by atoms with E-state index in [9.17, 15) is 29.1 Å². The number of halogens is 1. The number of hydrogen-bond donors (Lipinski definition) is 3. The number of aliphatic hydroxyl groups excluding tert-OH is 1. The highest BCUT2D eigenvalue weighted by Gasteiger charge is 2.55. The Morgan fingerprint density at radius 1 is 1.21 bits per heavy atom. The highest BCUT2D eigenvalue weighted by Crippen LogP contribution is 2.40. The number of methoxy groups -OCH3 is 1. The average Bonchev–Trinajstić information content (AvgIpc) is 3.13. The molecule has 1 aliphatic rings. The molecule has 17 heteroatoms. The molecule has 0 saturated carbocycles. The number of aliphatic hydroxyl groups is 1. The first-order valence-corrected chi connectivity index (χ1v) is 13.2. The number of alkyl halides is 1. The number of amides is 1. The number of nitrogens with one attached hydrogen (secondary N) is 2. The summed E-state index contributed by atoms with van der Waals surface area (Å²) in [7, 11) is 4.63. The predicted octanol–water partition coefficient (Wildman–Crippen LogP) is -0.965. The molecule has 2 heterocycles. The van der Waals surface area contributed by atoms with Crippen LogP contribution in [0.15, 0.2) is 21.9 Å². The maximum atomic E-state index is 15.7. The molecule has 6 atom stereocenters. The molecule has 2 rings (SSSR count). The average molecular weight is 606 g/mol. The number of hydroxylamine groups is 1. The monoisotopic (exact) mass is 605 g/mol. The zero-order chi connectivity index (χ0) is 31.8. The van der Waals surface area contributed by atoms with Gasteiger partial charge < -0.3 is 34.3 Å². The minimum atomic E-state index is -2.53. The highest BCUT2D eigenvalue weighted by molar-refractivity contribution is 5.81. The Hall–Kier alpha value is -3.38. The van der Waals surface area contributed by atoms with E-state index in [1.807, 2.05) is 0 Å². The lowest BCUT2D eigenvalue weighted by Crippen LogP contribution is -2.48. The van der Waals surface area contributed by atoms with Gasteiger partial charge in [-0.05, 0) is 48.2 Å². The van der Waals surface area contributed by atoms with Crippen LogP contribution in [0.3, 0.4) is 0 Å². The van der Waals surface area contributed by atoms with E-state index in [4.69, 9.17) is 19.0 Å². The molecule has 42 heavy (non-hydrogen) atoms. The van der Waals surface area contributed by atoms with Crippen molar-refractivity contribution in [3.8, 4) is 0 Å². The van der Waals surface area contributed by atoms with Gasteiger partial charge >= 0.3 is 23.7 Å². The van der Waals surface area contributed by atoms with Crippen molar-refractivity contribution in [2.24, 2.45) is 0 Å². The highest BCUT2D eigenvalue weighted by atomic mass is 19.1. The van der Waals surface area contributed by atoms with E-state index < -0.39 is 78.8 Å². The number of carbonyl (C=O) groups is 3. The Labute approximate surface area is 241 Å². The first kappa shape index (κ1) is 34.8. The fraction of sp³-hybridized carbons (Fsp3) is 0.720. The van der Waals surface area contributed by atoms with Crippen molar-refractivity contribution in [1.29, 1.82) is 0 Å². The second kappa shape index (κ2) is 15.2. The zero-order valence-electron chi connectivity index (χ0n) is 24.7. The van der Waals surface area contributed by atoms with Gasteiger partial charge in [-0.25, -0.2) is 23.3 Å². The van der Waals surface area contributed by atoms with Gasteiger partial charge in [0, 0.05) is 18.8 Å². The molecule has 1 aromatic rings. The summed E-state index contributed by atoms with van der Waals surface area (Å²) in [5.41, 5.74) is -2.05. The second-order valence-corrected chi connectivity index (χ2v) is 10.4. The SMILES string of the molecule is COC(=O)N[C@@H](CCN(C)C)C(=O)OCn1c(=O)ccn([C@@H]2O[C@H](CON[C@@H](C)C(=O)OC(C)C)[C@@H](O)[C@@]2(C)F)c1=O. The van der Waals surface area contributed by atoms with Gasteiger partial charge in [-0.2, -0.15) is 5.48 Å². The number of rotatable bonds is 14. The molecule has 1 saturated heterocycles. The van der Waals surface area contributed by atoms with E-state index >= 15 is 4.39 Å². The lowest BCUT2D eigenvalue weighted by molar-refractivity contribution is -0.156. The van der Waals surface area contributed by atoms with Crippen LogP contribution in [-0.4, -0.2) is 108 Å². The molecule has 0 radical (unpaired) electrons. The third-order valence-corrected chi connectivity index (χ3v) is 6.24. The second-order valence-electron chi connectivity index (χ2n) is 10.4. The molecule has 238 valence electrons. The van der Waals surface area contributed by atoms with Crippen molar-refractivity contribution in [3.05, 3.63) is 33.1 Å². The van der Waals surface area contributed by atoms with Crippen LogP contribution < -0.4 is 22.0 Å². The van der Waals surface area contributed by atoms with Crippen molar-refractivity contribution in [3.63, 3.8) is 0 Å². The minimum Gasteiger partial charge on any atom is -0.462 e. The van der Waals surface area contributed by atoms with Crippen LogP contribution in [0.2, 0.25) is 0 Å². The number of alkyl carbamates (subject to hydrolysis) is 1. The van der Waals surface area contributed by atoms with E-state index in [1.165, 1.54) is 6.92 Å². The predicted molar refractivity (Wildman–Crippen MR) is 143 cm³/mol. The summed E-state index contributed by atoms with van der Waals surface area (Å²) in [4.78, 5) is 68.9. The molecule has 1 aliphatic heterocycles. The van der Waals surface area contributed by atoms with E-state index in [-0.39, 0.29) is 12.5 Å². The Morgan fingerprint density at radius 2 is 1.88 bits per heavy atom. The van der Waals surface area contributed by atoms with Gasteiger partial charge in [0.25, 0.3) is 5.56 Å². The van der Waals surface area contributed by atoms with Crippen molar-refractivity contribution in [2.75, 3.05) is 34.4 Å². The summed E-state index contributed by atoms with van der Waals surface area (Å²) in [6.45, 7) is 4.97. The van der Waals surface area contributed by atoms with Gasteiger partial charge in [0.15, 0.2) is 18.6 Å². The van der Waals surface area contributed by atoms with Gasteiger partial charge in [-0.15, -0.1) is 0 Å². The summed E-state index contributed by atoms with van der Waals surface area (Å²) in [5, 5.41) is 12.9. The molecule has 16 nitrogen and oxygen atoms in total. The van der Waals surface area contributed by atoms with Crippen LogP contribution in [-0.2, 0) is 40.1 Å². The Morgan fingerprint density at radius 3 is 2.48 bits per heavy atom. The number of aromatic nitrogens is 2. The van der Waals surface area contributed by atoms with Crippen LogP contribution in [0.25, 0.3) is 0 Å². The lowest BCUT2D eigenvalue weighted by Gasteiger charge is -2.25. The van der Waals surface area contributed by atoms with Crippen molar-refractivity contribution in [2.45, 2.75) is 83.1 Å². The molecule has 1 amide bonds. The molecule has 1 fully saturated rings. The molecular formula is C25H40FN5O11. The van der Waals surface area contributed by atoms with Gasteiger partial charge in [0.1, 0.15) is 24.3 Å². The van der Waals surface area contributed by atoms with Crippen LogP contribution in [0.4, 0.5) is 9.18 Å². The van der Waals surface area contributed by atoms with Gasteiger partial charge in [-0.3, -0.25) is 19.0 Å². The zero-order valence-corrected chi connectivity index (χ0v) is 24.7. The van der Waals surface area contributed by atoms with Crippen molar-refractivity contribution >= 4 is 18.0 Å². The summed E-state index contributed by atoms with van der Waals surface area (Å²) >= 11 is 0. The lowest BCUT2D eigenvalue weighted by atomic mass is 9.98. The third-order valence-electron chi connectivity index (χ3n) is 6.24. The van der Waals surface area contributed by atoms with Crippen molar-refractivity contribution in [1.82, 2.24) is 24.8 Å². The molecule has 0 unspecified atom stereocenters. The summed E-state index contributed by atoms with van der Waals surface area (Å²) in [6.07, 6.45) is -4.85. The number of ether oxygens (including phenoxy) is 4. The molecule has 0 aromatic carbocycles. The molecule has 3 N–H and O–H groups in total. The van der Waals surface area contributed by atoms with Crippen LogP contribution >= 0.6 is 0 Å².